The Balaban J connectivity index is 1.67. The Hall–Kier alpha value is -3.13. The molecule has 146 valence electrons. The number of hydrogen-bond donors (Lipinski definition) is 4. The molecule has 1 aromatic heterocycles. The van der Waals surface area contributed by atoms with Gasteiger partial charge in [0, 0.05) is 30.3 Å². The van der Waals surface area contributed by atoms with Crippen LogP contribution in [-0.2, 0) is 13.1 Å². The van der Waals surface area contributed by atoms with Crippen molar-refractivity contribution in [2.75, 3.05) is 10.6 Å². The van der Waals surface area contributed by atoms with Crippen molar-refractivity contribution >= 4 is 17.1 Å². The van der Waals surface area contributed by atoms with E-state index < -0.39 is 16.7 Å². The zero-order chi connectivity index (χ0) is 20.0. The average Bonchev–Trinajstić information content (AvgIpc) is 3.32. The molecule has 28 heavy (non-hydrogen) atoms. The molecule has 2 aromatic carbocycles. The first kappa shape index (κ1) is 18.2. The van der Waals surface area contributed by atoms with Gasteiger partial charge in [-0.1, -0.05) is 6.92 Å². The summed E-state index contributed by atoms with van der Waals surface area (Å²) in [4.78, 5) is 24.3. The van der Waals surface area contributed by atoms with E-state index in [4.69, 9.17) is 4.42 Å². The lowest BCUT2D eigenvalue weighted by molar-refractivity contribution is 0.452. The normalized spacial score (nSPS) is 14.2. The topological polar surface area (TPSA) is 104 Å². The molecule has 0 bridgehead atoms. The lowest BCUT2D eigenvalue weighted by atomic mass is 10.0. The smallest absolute Gasteiger partial charge is 0.253 e. The minimum atomic E-state index is -0.708. The van der Waals surface area contributed by atoms with E-state index in [1.807, 2.05) is 26.0 Å². The highest BCUT2D eigenvalue weighted by molar-refractivity contribution is 5.81. The van der Waals surface area contributed by atoms with Crippen LogP contribution in [0, 0.1) is 12.7 Å². The quantitative estimate of drug-likeness (QED) is 0.382. The predicted octanol–water partition coefficient (Wildman–Crippen LogP) is 2.94. The Labute approximate surface area is 159 Å². The Morgan fingerprint density at radius 1 is 1.18 bits per heavy atom. The third-order valence-electron chi connectivity index (χ3n) is 5.07. The second-order valence-electron chi connectivity index (χ2n) is 6.90. The molecule has 0 radical (unpaired) electrons. The van der Waals surface area contributed by atoms with Crippen LogP contribution in [0.15, 0.2) is 32.2 Å². The number of aromatic hydroxyl groups is 1. The largest absolute Gasteiger partial charge is 0.507 e. The highest BCUT2D eigenvalue weighted by Crippen LogP contribution is 2.37. The molecule has 0 spiro atoms. The third-order valence-corrected chi connectivity index (χ3v) is 5.07. The van der Waals surface area contributed by atoms with Gasteiger partial charge in [0.15, 0.2) is 5.82 Å². The molecule has 2 heterocycles. The fraction of sp³-hybridized carbons (Fsp3) is 0.300. The fourth-order valence-electron chi connectivity index (χ4n) is 3.53. The summed E-state index contributed by atoms with van der Waals surface area (Å²) >= 11 is 0. The molecule has 0 fully saturated rings. The second kappa shape index (κ2) is 6.79. The fourth-order valence-corrected chi connectivity index (χ4v) is 3.53. The Bertz CT molecular complexity index is 1130. The van der Waals surface area contributed by atoms with Crippen LogP contribution in [0.2, 0.25) is 0 Å². The van der Waals surface area contributed by atoms with Gasteiger partial charge in [-0.05, 0) is 25.5 Å². The van der Waals surface area contributed by atoms with E-state index in [2.05, 4.69) is 16.0 Å². The van der Waals surface area contributed by atoms with E-state index in [0.29, 0.717) is 36.4 Å². The summed E-state index contributed by atoms with van der Waals surface area (Å²) in [6.45, 7) is 4.50. The van der Waals surface area contributed by atoms with E-state index in [-0.39, 0.29) is 28.9 Å². The van der Waals surface area contributed by atoms with Crippen molar-refractivity contribution in [1.82, 2.24) is 5.32 Å². The number of benzene rings is 1. The molecular formula is C20H20FN3O4. The van der Waals surface area contributed by atoms with Gasteiger partial charge < -0.3 is 25.5 Å². The van der Waals surface area contributed by atoms with Crippen LogP contribution in [0.25, 0.3) is 0 Å². The lowest BCUT2D eigenvalue weighted by Gasteiger charge is -2.21. The van der Waals surface area contributed by atoms with E-state index in [1.165, 1.54) is 0 Å². The minimum Gasteiger partial charge on any atom is -0.507 e. The molecule has 0 aliphatic carbocycles. The highest BCUT2D eigenvalue weighted by Gasteiger charge is 2.28. The summed E-state index contributed by atoms with van der Waals surface area (Å²) in [5, 5.41) is 18.8. The Kier molecular flexibility index (Phi) is 4.43. The van der Waals surface area contributed by atoms with Gasteiger partial charge in [-0.3, -0.25) is 9.59 Å². The van der Waals surface area contributed by atoms with Crippen molar-refractivity contribution in [3.63, 3.8) is 0 Å². The number of nitrogens with one attached hydrogen (secondary N) is 3. The number of phenols is 1. The number of halogens is 1. The van der Waals surface area contributed by atoms with Crippen molar-refractivity contribution < 1.29 is 13.9 Å². The summed E-state index contributed by atoms with van der Waals surface area (Å²) in [7, 11) is 0. The maximum absolute atomic E-state index is 14.5. The zero-order valence-corrected chi connectivity index (χ0v) is 15.5. The van der Waals surface area contributed by atoms with Crippen molar-refractivity contribution in [3.05, 3.63) is 67.1 Å². The van der Waals surface area contributed by atoms with Crippen LogP contribution in [0.4, 0.5) is 21.5 Å². The lowest BCUT2D eigenvalue weighted by Crippen LogP contribution is -2.37. The first-order valence-corrected chi connectivity index (χ1v) is 9.07. The van der Waals surface area contributed by atoms with Gasteiger partial charge in [0.2, 0.25) is 0 Å². The summed E-state index contributed by atoms with van der Waals surface area (Å²) < 4.78 is 20.1. The number of hydrogen-bond acceptors (Lipinski definition) is 7. The predicted molar refractivity (Wildman–Crippen MR) is 103 cm³/mol. The maximum atomic E-state index is 14.5. The van der Waals surface area contributed by atoms with Gasteiger partial charge >= 0.3 is 0 Å². The molecule has 8 heteroatoms. The maximum Gasteiger partial charge on any atom is 0.253 e. The van der Waals surface area contributed by atoms with Crippen molar-refractivity contribution in [2.45, 2.75) is 39.4 Å². The Morgan fingerprint density at radius 3 is 2.57 bits per heavy atom. The van der Waals surface area contributed by atoms with Gasteiger partial charge in [0.05, 0.1) is 11.7 Å². The van der Waals surface area contributed by atoms with Gasteiger partial charge in [0.1, 0.15) is 28.6 Å². The number of aryl methyl sites for hydroxylation is 1. The number of rotatable bonds is 6. The second-order valence-corrected chi connectivity index (χ2v) is 6.90. The molecule has 4 rings (SSSR count). The van der Waals surface area contributed by atoms with E-state index in [1.54, 1.807) is 0 Å². The van der Waals surface area contributed by atoms with Gasteiger partial charge in [-0.2, -0.15) is 0 Å². The summed E-state index contributed by atoms with van der Waals surface area (Å²) in [5.41, 5.74) is -0.0171. The number of furan rings is 1. The van der Waals surface area contributed by atoms with Crippen LogP contribution >= 0.6 is 0 Å². The highest BCUT2D eigenvalue weighted by atomic mass is 19.1. The molecule has 0 saturated heterocycles. The Morgan fingerprint density at radius 2 is 1.89 bits per heavy atom. The molecule has 4 N–H and O–H groups in total. The van der Waals surface area contributed by atoms with E-state index >= 15 is 0 Å². The molecule has 1 aliphatic heterocycles. The van der Waals surface area contributed by atoms with E-state index in [9.17, 15) is 19.1 Å². The molecule has 1 aliphatic rings. The van der Waals surface area contributed by atoms with Crippen LogP contribution in [0.1, 0.15) is 42.0 Å². The van der Waals surface area contributed by atoms with Crippen molar-refractivity contribution in [2.24, 2.45) is 0 Å². The van der Waals surface area contributed by atoms with Crippen molar-refractivity contribution in [3.8, 4) is 5.75 Å². The van der Waals surface area contributed by atoms with Crippen LogP contribution in [0.3, 0.4) is 0 Å². The van der Waals surface area contributed by atoms with Crippen LogP contribution < -0.4 is 26.8 Å². The molecule has 1 atom stereocenters. The number of fused-ring (bicyclic) bond motifs is 1. The SMILES string of the molecule is CC[C@@H](Nc1c(Nc2c(F)cc(O)c3c2CNC3)c(=O)c1=O)c1ccc(C)o1. The molecule has 0 unspecified atom stereocenters. The van der Waals surface area contributed by atoms with Crippen LogP contribution in [0.5, 0.6) is 5.75 Å². The first-order chi connectivity index (χ1) is 13.4. The van der Waals surface area contributed by atoms with Crippen LogP contribution in [-0.4, -0.2) is 5.11 Å². The molecule has 0 amide bonds. The molecule has 0 saturated carbocycles. The van der Waals surface area contributed by atoms with Gasteiger partial charge in [-0.15, -0.1) is 0 Å². The first-order valence-electron chi connectivity index (χ1n) is 9.07. The monoisotopic (exact) mass is 385 g/mol. The van der Waals surface area contributed by atoms with E-state index in [0.717, 1.165) is 11.8 Å². The molecule has 7 nitrogen and oxygen atoms in total. The van der Waals surface area contributed by atoms with Crippen molar-refractivity contribution in [1.29, 1.82) is 0 Å². The van der Waals surface area contributed by atoms with Gasteiger partial charge in [0.25, 0.3) is 10.9 Å². The zero-order valence-electron chi connectivity index (χ0n) is 15.5. The summed E-state index contributed by atoms with van der Waals surface area (Å²) in [6.07, 6.45) is 0.623. The third kappa shape index (κ3) is 2.86. The molecule has 3 aromatic rings. The standard InChI is InChI=1S/C20H20FN3O4/c1-3-13(15-5-4-9(2)28-15)23-17-18(20(27)19(17)26)24-16-11-8-22-7-10(11)14(25)6-12(16)21/h4-6,13,22-25H,3,7-8H2,1-2H3/t13-/m1/s1. The summed E-state index contributed by atoms with van der Waals surface area (Å²) in [5.74, 6) is 0.575. The number of anilines is 3. The average molecular weight is 385 g/mol. The summed E-state index contributed by atoms with van der Waals surface area (Å²) in [6, 6.07) is 4.35. The minimum absolute atomic E-state index is 0.0189. The number of phenolic OH excluding ortho intramolecular Hbond substituents is 1. The molecular weight excluding hydrogens is 365 g/mol. The van der Waals surface area contributed by atoms with Gasteiger partial charge in [-0.25, -0.2) is 4.39 Å².